The zero-order valence-electron chi connectivity index (χ0n) is 11.7. The zero-order chi connectivity index (χ0) is 14.3. The standard InChI is InChI=1S/C14H26N2O3/c1-2-10(3-6-14(18)19)7-8-16-13(17)9-12(15)11-4-5-11/h10-12H,2-9,15H2,1H3,(H,16,17)(H,18,19). The lowest BCUT2D eigenvalue weighted by Crippen LogP contribution is -2.33. The first-order valence-electron chi connectivity index (χ1n) is 7.27. The fourth-order valence-corrected chi connectivity index (χ4v) is 2.27. The monoisotopic (exact) mass is 270 g/mol. The van der Waals surface area contributed by atoms with Gasteiger partial charge in [0.05, 0.1) is 0 Å². The molecule has 5 heteroatoms. The van der Waals surface area contributed by atoms with Crippen molar-refractivity contribution in [2.24, 2.45) is 17.6 Å². The van der Waals surface area contributed by atoms with Gasteiger partial charge in [-0.05, 0) is 37.5 Å². The summed E-state index contributed by atoms with van der Waals surface area (Å²) in [4.78, 5) is 22.1. The number of carbonyl (C=O) groups is 2. The lowest BCUT2D eigenvalue weighted by Gasteiger charge is -2.15. The fourth-order valence-electron chi connectivity index (χ4n) is 2.27. The summed E-state index contributed by atoms with van der Waals surface area (Å²) in [5, 5.41) is 11.5. The molecular weight excluding hydrogens is 244 g/mol. The zero-order valence-corrected chi connectivity index (χ0v) is 11.7. The molecule has 2 unspecified atom stereocenters. The Morgan fingerprint density at radius 2 is 2.05 bits per heavy atom. The number of rotatable bonds is 10. The summed E-state index contributed by atoms with van der Waals surface area (Å²) in [7, 11) is 0. The maximum atomic E-state index is 11.6. The third kappa shape index (κ3) is 7.15. The molecule has 1 rings (SSSR count). The summed E-state index contributed by atoms with van der Waals surface area (Å²) in [5.41, 5.74) is 5.89. The Labute approximate surface area is 114 Å². The molecule has 0 radical (unpaired) electrons. The van der Waals surface area contributed by atoms with Gasteiger partial charge >= 0.3 is 5.97 Å². The molecule has 1 saturated carbocycles. The lowest BCUT2D eigenvalue weighted by atomic mass is 9.96. The Morgan fingerprint density at radius 3 is 2.58 bits per heavy atom. The van der Waals surface area contributed by atoms with E-state index in [1.54, 1.807) is 0 Å². The van der Waals surface area contributed by atoms with E-state index in [0.717, 1.165) is 25.7 Å². The van der Waals surface area contributed by atoms with Crippen LogP contribution in [0.4, 0.5) is 0 Å². The van der Waals surface area contributed by atoms with E-state index < -0.39 is 5.97 Å². The maximum absolute atomic E-state index is 11.6. The molecule has 110 valence electrons. The average Bonchev–Trinajstić information content (AvgIpc) is 3.17. The van der Waals surface area contributed by atoms with E-state index in [-0.39, 0.29) is 18.4 Å². The second-order valence-corrected chi connectivity index (χ2v) is 5.55. The second-order valence-electron chi connectivity index (χ2n) is 5.55. The molecule has 1 aliphatic carbocycles. The lowest BCUT2D eigenvalue weighted by molar-refractivity contribution is -0.137. The number of carboxylic acids is 1. The molecule has 0 saturated heterocycles. The topological polar surface area (TPSA) is 92.4 Å². The average molecular weight is 270 g/mol. The van der Waals surface area contributed by atoms with Gasteiger partial charge in [0.2, 0.25) is 5.91 Å². The van der Waals surface area contributed by atoms with Crippen molar-refractivity contribution in [3.8, 4) is 0 Å². The van der Waals surface area contributed by atoms with E-state index in [9.17, 15) is 9.59 Å². The van der Waals surface area contributed by atoms with E-state index in [4.69, 9.17) is 10.8 Å². The van der Waals surface area contributed by atoms with Crippen LogP contribution in [0.25, 0.3) is 0 Å². The van der Waals surface area contributed by atoms with Gasteiger partial charge in [0.15, 0.2) is 0 Å². The van der Waals surface area contributed by atoms with Gasteiger partial charge < -0.3 is 16.2 Å². The minimum absolute atomic E-state index is 0.00832. The third-order valence-corrected chi connectivity index (χ3v) is 3.87. The molecule has 1 amide bonds. The molecule has 2 atom stereocenters. The van der Waals surface area contributed by atoms with Crippen molar-refractivity contribution >= 4 is 11.9 Å². The van der Waals surface area contributed by atoms with Crippen LogP contribution in [-0.2, 0) is 9.59 Å². The number of hydrogen-bond acceptors (Lipinski definition) is 3. The van der Waals surface area contributed by atoms with E-state index in [1.807, 2.05) is 0 Å². The molecule has 5 nitrogen and oxygen atoms in total. The number of nitrogens with one attached hydrogen (secondary N) is 1. The molecule has 4 N–H and O–H groups in total. The highest BCUT2D eigenvalue weighted by Crippen LogP contribution is 2.32. The van der Waals surface area contributed by atoms with Crippen LogP contribution in [0.1, 0.15) is 51.9 Å². The van der Waals surface area contributed by atoms with Crippen LogP contribution in [0.3, 0.4) is 0 Å². The Morgan fingerprint density at radius 1 is 1.37 bits per heavy atom. The Bertz CT molecular complexity index is 303. The molecular formula is C14H26N2O3. The number of aliphatic carboxylic acids is 1. The molecule has 1 fully saturated rings. The molecule has 0 spiro atoms. The smallest absolute Gasteiger partial charge is 0.303 e. The van der Waals surface area contributed by atoms with Gasteiger partial charge in [-0.2, -0.15) is 0 Å². The highest BCUT2D eigenvalue weighted by Gasteiger charge is 2.29. The van der Waals surface area contributed by atoms with Crippen LogP contribution in [0.2, 0.25) is 0 Å². The minimum atomic E-state index is -0.752. The SMILES string of the molecule is CCC(CCNC(=O)CC(N)C1CC1)CCC(=O)O. The highest BCUT2D eigenvalue weighted by molar-refractivity contribution is 5.76. The first kappa shape index (κ1) is 16.0. The Hall–Kier alpha value is -1.10. The van der Waals surface area contributed by atoms with Crippen molar-refractivity contribution in [2.75, 3.05) is 6.54 Å². The van der Waals surface area contributed by atoms with Gasteiger partial charge in [-0.3, -0.25) is 9.59 Å². The minimum Gasteiger partial charge on any atom is -0.481 e. The van der Waals surface area contributed by atoms with Crippen LogP contribution in [0.15, 0.2) is 0 Å². The van der Waals surface area contributed by atoms with Gasteiger partial charge in [-0.15, -0.1) is 0 Å². The van der Waals surface area contributed by atoms with Crippen LogP contribution in [0.5, 0.6) is 0 Å². The van der Waals surface area contributed by atoms with Gasteiger partial charge in [-0.25, -0.2) is 0 Å². The quantitative estimate of drug-likeness (QED) is 0.561. The van der Waals surface area contributed by atoms with E-state index in [2.05, 4.69) is 12.2 Å². The fraction of sp³-hybridized carbons (Fsp3) is 0.857. The van der Waals surface area contributed by atoms with E-state index in [0.29, 0.717) is 31.2 Å². The van der Waals surface area contributed by atoms with Crippen molar-refractivity contribution in [3.63, 3.8) is 0 Å². The van der Waals surface area contributed by atoms with Crippen molar-refractivity contribution < 1.29 is 14.7 Å². The molecule has 0 aliphatic heterocycles. The summed E-state index contributed by atoms with van der Waals surface area (Å²) in [6.07, 6.45) is 5.40. The third-order valence-electron chi connectivity index (χ3n) is 3.87. The normalized spacial score (nSPS) is 17.8. The molecule has 0 aromatic carbocycles. The molecule has 1 aliphatic rings. The number of carbonyl (C=O) groups excluding carboxylic acids is 1. The van der Waals surface area contributed by atoms with Crippen molar-refractivity contribution in [3.05, 3.63) is 0 Å². The van der Waals surface area contributed by atoms with Crippen LogP contribution < -0.4 is 11.1 Å². The molecule has 0 bridgehead atoms. The second kappa shape index (κ2) is 8.15. The summed E-state index contributed by atoms with van der Waals surface area (Å²) in [5.74, 6) is 0.184. The summed E-state index contributed by atoms with van der Waals surface area (Å²) < 4.78 is 0. The van der Waals surface area contributed by atoms with Crippen LogP contribution in [0, 0.1) is 11.8 Å². The van der Waals surface area contributed by atoms with Gasteiger partial charge in [0.1, 0.15) is 0 Å². The van der Waals surface area contributed by atoms with Crippen LogP contribution in [-0.4, -0.2) is 29.6 Å². The molecule has 19 heavy (non-hydrogen) atoms. The predicted octanol–water partition coefficient (Wildman–Crippen LogP) is 1.51. The molecule has 0 aromatic heterocycles. The van der Waals surface area contributed by atoms with Crippen LogP contribution >= 0.6 is 0 Å². The van der Waals surface area contributed by atoms with E-state index >= 15 is 0 Å². The first-order valence-corrected chi connectivity index (χ1v) is 7.27. The number of amides is 1. The predicted molar refractivity (Wildman–Crippen MR) is 73.6 cm³/mol. The van der Waals surface area contributed by atoms with Gasteiger partial charge in [0, 0.05) is 25.4 Å². The van der Waals surface area contributed by atoms with Gasteiger partial charge in [-0.1, -0.05) is 13.3 Å². The van der Waals surface area contributed by atoms with Crippen molar-refractivity contribution in [1.82, 2.24) is 5.32 Å². The Kier molecular flexibility index (Phi) is 6.84. The van der Waals surface area contributed by atoms with E-state index in [1.165, 1.54) is 0 Å². The summed E-state index contributed by atoms with van der Waals surface area (Å²) in [6, 6.07) is 0.00832. The Balaban J connectivity index is 2.09. The van der Waals surface area contributed by atoms with Crippen molar-refractivity contribution in [2.45, 2.75) is 57.9 Å². The number of carboxylic acid groups (broad SMARTS) is 1. The number of nitrogens with two attached hydrogens (primary N) is 1. The largest absolute Gasteiger partial charge is 0.481 e. The van der Waals surface area contributed by atoms with Gasteiger partial charge in [0.25, 0.3) is 0 Å². The highest BCUT2D eigenvalue weighted by atomic mass is 16.4. The molecule has 0 heterocycles. The summed E-state index contributed by atoms with van der Waals surface area (Å²) in [6.45, 7) is 2.67. The molecule has 0 aromatic rings. The summed E-state index contributed by atoms with van der Waals surface area (Å²) >= 11 is 0. The number of hydrogen-bond donors (Lipinski definition) is 3. The maximum Gasteiger partial charge on any atom is 0.303 e. The van der Waals surface area contributed by atoms with Crippen molar-refractivity contribution in [1.29, 1.82) is 0 Å². The first-order chi connectivity index (χ1) is 9.02.